The molecule has 1 aliphatic carbocycles. The highest BCUT2D eigenvalue weighted by atomic mass is 32.2. The Balaban J connectivity index is 1.41. The average Bonchev–Trinajstić information content (AvgIpc) is 3.45. The van der Waals surface area contributed by atoms with E-state index < -0.39 is 10.0 Å². The third-order valence-electron chi connectivity index (χ3n) is 4.26. The van der Waals surface area contributed by atoms with Crippen LogP contribution in [0.1, 0.15) is 40.8 Å². The van der Waals surface area contributed by atoms with E-state index in [1.807, 2.05) is 0 Å². The maximum absolute atomic E-state index is 12.4. The number of rotatable bonds is 7. The van der Waals surface area contributed by atoms with Gasteiger partial charge in [-0.2, -0.15) is 4.98 Å². The molecule has 1 heterocycles. The quantitative estimate of drug-likeness (QED) is 0.632. The minimum absolute atomic E-state index is 0.110. The third kappa shape index (κ3) is 4.20. The minimum atomic E-state index is -3.73. The Morgan fingerprint density at radius 1 is 1.11 bits per heavy atom. The van der Waals surface area contributed by atoms with Gasteiger partial charge in [-0.25, -0.2) is 8.42 Å². The largest absolute Gasteiger partial charge is 0.343 e. The van der Waals surface area contributed by atoms with Crippen LogP contribution in [0.4, 0.5) is 5.69 Å². The topological polar surface area (TPSA) is 114 Å². The van der Waals surface area contributed by atoms with Crippen molar-refractivity contribution in [3.8, 4) is 0 Å². The van der Waals surface area contributed by atoms with Gasteiger partial charge in [-0.3, -0.25) is 9.52 Å². The first-order chi connectivity index (χ1) is 13.5. The number of hydrogen-bond donors (Lipinski definition) is 2. The van der Waals surface area contributed by atoms with E-state index in [1.54, 1.807) is 36.4 Å². The fourth-order valence-corrected chi connectivity index (χ4v) is 3.71. The second-order valence-corrected chi connectivity index (χ2v) is 8.19. The molecule has 3 aromatic rings. The molecule has 0 aliphatic heterocycles. The van der Waals surface area contributed by atoms with Crippen molar-refractivity contribution in [2.24, 2.45) is 0 Å². The zero-order valence-corrected chi connectivity index (χ0v) is 15.6. The zero-order valence-electron chi connectivity index (χ0n) is 14.8. The van der Waals surface area contributed by atoms with Crippen LogP contribution in [0, 0.1) is 0 Å². The summed E-state index contributed by atoms with van der Waals surface area (Å²) in [5, 5.41) is 6.60. The van der Waals surface area contributed by atoms with E-state index in [0.717, 1.165) is 12.8 Å². The van der Waals surface area contributed by atoms with Crippen LogP contribution in [0.25, 0.3) is 0 Å². The standard InChI is InChI=1S/C19H18N4O4S/c24-19(20-12-17-21-18(22-27-17)13-9-10-13)14-5-4-6-15(11-14)23-28(25,26)16-7-2-1-3-8-16/h1-8,11,13,23H,9-10,12H2,(H,20,24). The van der Waals surface area contributed by atoms with Gasteiger partial charge >= 0.3 is 0 Å². The molecule has 8 nitrogen and oxygen atoms in total. The number of carbonyl (C=O) groups is 1. The van der Waals surface area contributed by atoms with Gasteiger partial charge < -0.3 is 9.84 Å². The van der Waals surface area contributed by atoms with Crippen molar-refractivity contribution in [2.75, 3.05) is 4.72 Å². The van der Waals surface area contributed by atoms with Crippen molar-refractivity contribution in [1.82, 2.24) is 15.5 Å². The molecule has 144 valence electrons. The molecule has 4 rings (SSSR count). The molecule has 0 atom stereocenters. The van der Waals surface area contributed by atoms with E-state index in [4.69, 9.17) is 4.52 Å². The van der Waals surface area contributed by atoms with Crippen LogP contribution in [-0.2, 0) is 16.6 Å². The Morgan fingerprint density at radius 3 is 2.64 bits per heavy atom. The molecular weight excluding hydrogens is 380 g/mol. The summed E-state index contributed by atoms with van der Waals surface area (Å²) in [4.78, 5) is 16.8. The van der Waals surface area contributed by atoms with Crippen molar-refractivity contribution < 1.29 is 17.7 Å². The van der Waals surface area contributed by atoms with Gasteiger partial charge in [0.25, 0.3) is 15.9 Å². The zero-order chi connectivity index (χ0) is 19.6. The fourth-order valence-electron chi connectivity index (χ4n) is 2.64. The van der Waals surface area contributed by atoms with Crippen molar-refractivity contribution in [2.45, 2.75) is 30.2 Å². The number of hydrogen-bond acceptors (Lipinski definition) is 6. The van der Waals surface area contributed by atoms with Crippen LogP contribution in [0.2, 0.25) is 0 Å². The lowest BCUT2D eigenvalue weighted by Gasteiger charge is -2.09. The predicted molar refractivity (Wildman–Crippen MR) is 101 cm³/mol. The summed E-state index contributed by atoms with van der Waals surface area (Å²) in [6, 6.07) is 14.3. The summed E-state index contributed by atoms with van der Waals surface area (Å²) in [6.45, 7) is 0.110. The van der Waals surface area contributed by atoms with Crippen LogP contribution in [-0.4, -0.2) is 24.5 Å². The first kappa shape index (κ1) is 18.2. The normalized spacial score (nSPS) is 13.9. The smallest absolute Gasteiger partial charge is 0.261 e. The fraction of sp³-hybridized carbons (Fsp3) is 0.211. The van der Waals surface area contributed by atoms with Crippen molar-refractivity contribution in [3.05, 3.63) is 71.9 Å². The number of anilines is 1. The van der Waals surface area contributed by atoms with E-state index >= 15 is 0 Å². The molecule has 1 saturated carbocycles. The van der Waals surface area contributed by atoms with Gasteiger partial charge in [0, 0.05) is 17.2 Å². The van der Waals surface area contributed by atoms with Gasteiger partial charge in [0.2, 0.25) is 5.89 Å². The molecule has 0 unspecified atom stereocenters. The van der Waals surface area contributed by atoms with Crippen LogP contribution in [0.15, 0.2) is 64.0 Å². The summed E-state index contributed by atoms with van der Waals surface area (Å²) in [5.74, 6) is 1.03. The number of aromatic nitrogens is 2. The van der Waals surface area contributed by atoms with Crippen molar-refractivity contribution in [3.63, 3.8) is 0 Å². The van der Waals surface area contributed by atoms with Crippen LogP contribution in [0.3, 0.4) is 0 Å². The second-order valence-electron chi connectivity index (χ2n) is 6.50. The number of sulfonamides is 1. The summed E-state index contributed by atoms with van der Waals surface area (Å²) in [7, 11) is -3.73. The number of carbonyl (C=O) groups excluding carboxylic acids is 1. The highest BCUT2D eigenvalue weighted by Gasteiger charge is 2.28. The molecule has 2 N–H and O–H groups in total. The summed E-state index contributed by atoms with van der Waals surface area (Å²) >= 11 is 0. The van der Waals surface area contributed by atoms with Crippen LogP contribution in [0.5, 0.6) is 0 Å². The lowest BCUT2D eigenvalue weighted by molar-refractivity contribution is 0.0946. The molecule has 0 saturated heterocycles. The Bertz CT molecular complexity index is 1090. The van der Waals surface area contributed by atoms with Crippen molar-refractivity contribution in [1.29, 1.82) is 0 Å². The highest BCUT2D eigenvalue weighted by Crippen LogP contribution is 2.38. The van der Waals surface area contributed by atoms with Crippen LogP contribution >= 0.6 is 0 Å². The molecule has 9 heteroatoms. The van der Waals surface area contributed by atoms with Crippen molar-refractivity contribution >= 4 is 21.6 Å². The Morgan fingerprint density at radius 2 is 1.89 bits per heavy atom. The molecule has 1 aliphatic rings. The van der Waals surface area contributed by atoms with Gasteiger partial charge in [-0.1, -0.05) is 29.4 Å². The van der Waals surface area contributed by atoms with E-state index in [-0.39, 0.29) is 17.3 Å². The van der Waals surface area contributed by atoms with Gasteiger partial charge in [-0.05, 0) is 43.2 Å². The first-order valence-corrected chi connectivity index (χ1v) is 10.3. The second kappa shape index (κ2) is 7.43. The van der Waals surface area contributed by atoms with Gasteiger partial charge in [0.15, 0.2) is 5.82 Å². The number of benzene rings is 2. The van der Waals surface area contributed by atoms with Gasteiger partial charge in [-0.15, -0.1) is 0 Å². The minimum Gasteiger partial charge on any atom is -0.343 e. The monoisotopic (exact) mass is 398 g/mol. The van der Waals surface area contributed by atoms with E-state index in [2.05, 4.69) is 20.2 Å². The molecule has 1 aromatic heterocycles. The molecular formula is C19H18N4O4S. The summed E-state index contributed by atoms with van der Waals surface area (Å²) in [6.07, 6.45) is 2.13. The number of amides is 1. The molecule has 1 amide bonds. The number of nitrogens with zero attached hydrogens (tertiary/aromatic N) is 2. The molecule has 2 aromatic carbocycles. The summed E-state index contributed by atoms with van der Waals surface area (Å²) < 4.78 is 32.4. The Hall–Kier alpha value is -3.20. The molecule has 28 heavy (non-hydrogen) atoms. The molecule has 0 radical (unpaired) electrons. The Kier molecular flexibility index (Phi) is 4.82. The average molecular weight is 398 g/mol. The molecule has 0 spiro atoms. The van der Waals surface area contributed by atoms with Gasteiger partial charge in [0.05, 0.1) is 11.4 Å². The lowest BCUT2D eigenvalue weighted by Crippen LogP contribution is -2.23. The van der Waals surface area contributed by atoms with Crippen LogP contribution < -0.4 is 10.0 Å². The molecule has 1 fully saturated rings. The third-order valence-corrected chi connectivity index (χ3v) is 5.65. The van der Waals surface area contributed by atoms with E-state index in [1.165, 1.54) is 18.2 Å². The SMILES string of the molecule is O=C(NCc1nc(C2CC2)no1)c1cccc(NS(=O)(=O)c2ccccc2)c1. The predicted octanol–water partition coefficient (Wildman–Crippen LogP) is 2.68. The maximum Gasteiger partial charge on any atom is 0.261 e. The number of nitrogens with one attached hydrogen (secondary N) is 2. The van der Waals surface area contributed by atoms with E-state index in [0.29, 0.717) is 28.9 Å². The molecule has 0 bridgehead atoms. The highest BCUT2D eigenvalue weighted by molar-refractivity contribution is 7.92. The summed E-state index contributed by atoms with van der Waals surface area (Å²) in [5.41, 5.74) is 0.612. The first-order valence-electron chi connectivity index (χ1n) is 8.80. The Labute approximate surface area is 162 Å². The van der Waals surface area contributed by atoms with E-state index in [9.17, 15) is 13.2 Å². The maximum atomic E-state index is 12.4. The van der Waals surface area contributed by atoms with Gasteiger partial charge in [0.1, 0.15) is 0 Å². The lowest BCUT2D eigenvalue weighted by atomic mass is 10.2.